The standard InChI is InChI=1S/C25H25N3/c1-25(2,21-16-10-11-17-22(21)26-3)24-18-23(19-12-6-4-7-13-19)27-28(24)20-14-8-5-9-15-20/h4-18,26H,1-3H3. The molecule has 3 nitrogen and oxygen atoms in total. The fourth-order valence-corrected chi connectivity index (χ4v) is 3.73. The Bertz CT molecular complexity index is 1060. The van der Waals surface area contributed by atoms with Crippen molar-refractivity contribution in [3.05, 3.63) is 102 Å². The Morgan fingerprint density at radius 3 is 2.07 bits per heavy atom. The van der Waals surface area contributed by atoms with E-state index in [1.54, 1.807) is 0 Å². The SMILES string of the molecule is CNc1ccccc1C(C)(C)c1cc(-c2ccccc2)nn1-c1ccccc1. The molecule has 140 valence electrons. The van der Waals surface area contributed by atoms with Crippen LogP contribution < -0.4 is 5.32 Å². The molecular formula is C25H25N3. The first kappa shape index (κ1) is 18.1. The van der Waals surface area contributed by atoms with Crippen molar-refractivity contribution in [2.75, 3.05) is 12.4 Å². The number of nitrogens with zero attached hydrogens (tertiary/aromatic N) is 2. The molecule has 1 aromatic heterocycles. The highest BCUT2D eigenvalue weighted by atomic mass is 15.3. The average molecular weight is 367 g/mol. The molecule has 0 aliphatic carbocycles. The maximum atomic E-state index is 4.99. The van der Waals surface area contributed by atoms with Crippen molar-refractivity contribution >= 4 is 5.69 Å². The van der Waals surface area contributed by atoms with Crippen molar-refractivity contribution in [1.82, 2.24) is 9.78 Å². The summed E-state index contributed by atoms with van der Waals surface area (Å²) in [6, 6.07) is 31.4. The van der Waals surface area contributed by atoms with Crippen LogP contribution in [0.2, 0.25) is 0 Å². The second-order valence-corrected chi connectivity index (χ2v) is 7.45. The third kappa shape index (κ3) is 3.20. The molecule has 0 bridgehead atoms. The number of para-hydroxylation sites is 2. The number of nitrogens with one attached hydrogen (secondary N) is 1. The van der Waals surface area contributed by atoms with Gasteiger partial charge in [-0.25, -0.2) is 4.68 Å². The van der Waals surface area contributed by atoms with E-state index in [9.17, 15) is 0 Å². The molecule has 28 heavy (non-hydrogen) atoms. The summed E-state index contributed by atoms with van der Waals surface area (Å²) in [5.41, 5.74) is 6.46. The summed E-state index contributed by atoms with van der Waals surface area (Å²) < 4.78 is 2.08. The van der Waals surface area contributed by atoms with E-state index >= 15 is 0 Å². The second-order valence-electron chi connectivity index (χ2n) is 7.45. The molecule has 3 heteroatoms. The van der Waals surface area contributed by atoms with Crippen LogP contribution in [-0.2, 0) is 5.41 Å². The molecule has 0 aliphatic heterocycles. The number of hydrogen-bond donors (Lipinski definition) is 1. The third-order valence-corrected chi connectivity index (χ3v) is 5.29. The number of anilines is 1. The number of aromatic nitrogens is 2. The quantitative estimate of drug-likeness (QED) is 0.475. The zero-order valence-corrected chi connectivity index (χ0v) is 16.6. The Morgan fingerprint density at radius 1 is 0.786 bits per heavy atom. The highest BCUT2D eigenvalue weighted by molar-refractivity contribution is 5.63. The van der Waals surface area contributed by atoms with Crippen molar-refractivity contribution in [2.45, 2.75) is 19.3 Å². The van der Waals surface area contributed by atoms with E-state index in [1.807, 2.05) is 19.2 Å². The molecule has 0 unspecified atom stereocenters. The zero-order chi connectivity index (χ0) is 19.6. The predicted octanol–water partition coefficient (Wildman–Crippen LogP) is 5.91. The molecule has 0 radical (unpaired) electrons. The van der Waals surface area contributed by atoms with Gasteiger partial charge in [0.2, 0.25) is 0 Å². The molecule has 0 fully saturated rings. The van der Waals surface area contributed by atoms with Gasteiger partial charge in [-0.05, 0) is 29.8 Å². The fourth-order valence-electron chi connectivity index (χ4n) is 3.73. The first-order valence-electron chi connectivity index (χ1n) is 9.60. The van der Waals surface area contributed by atoms with Crippen LogP contribution in [0.15, 0.2) is 91.0 Å². The summed E-state index contributed by atoms with van der Waals surface area (Å²) in [5, 5.41) is 8.33. The van der Waals surface area contributed by atoms with Crippen molar-refractivity contribution in [3.63, 3.8) is 0 Å². The van der Waals surface area contributed by atoms with Crippen LogP contribution in [0.1, 0.15) is 25.1 Å². The van der Waals surface area contributed by atoms with Crippen molar-refractivity contribution in [3.8, 4) is 16.9 Å². The summed E-state index contributed by atoms with van der Waals surface area (Å²) in [7, 11) is 1.97. The predicted molar refractivity (Wildman–Crippen MR) is 117 cm³/mol. The van der Waals surface area contributed by atoms with Crippen molar-refractivity contribution in [1.29, 1.82) is 0 Å². The van der Waals surface area contributed by atoms with Crippen molar-refractivity contribution in [2.24, 2.45) is 0 Å². The molecule has 1 heterocycles. The molecule has 0 spiro atoms. The van der Waals surface area contributed by atoms with E-state index in [0.717, 1.165) is 28.3 Å². The van der Waals surface area contributed by atoms with Crippen LogP contribution >= 0.6 is 0 Å². The minimum absolute atomic E-state index is 0.241. The fraction of sp³-hybridized carbons (Fsp3) is 0.160. The van der Waals surface area contributed by atoms with Gasteiger partial charge in [-0.3, -0.25) is 0 Å². The molecule has 1 N–H and O–H groups in total. The van der Waals surface area contributed by atoms with Crippen LogP contribution in [0.4, 0.5) is 5.69 Å². The normalized spacial score (nSPS) is 11.4. The van der Waals surface area contributed by atoms with Crippen LogP contribution in [0.25, 0.3) is 16.9 Å². The van der Waals surface area contributed by atoms with Gasteiger partial charge in [-0.2, -0.15) is 5.10 Å². The largest absolute Gasteiger partial charge is 0.388 e. The van der Waals surface area contributed by atoms with Crippen molar-refractivity contribution < 1.29 is 0 Å². The molecule has 0 saturated carbocycles. The van der Waals surface area contributed by atoms with Gasteiger partial charge < -0.3 is 5.32 Å². The molecule has 3 aromatic carbocycles. The summed E-state index contributed by atoms with van der Waals surface area (Å²) in [6.07, 6.45) is 0. The summed E-state index contributed by atoms with van der Waals surface area (Å²) in [6.45, 7) is 4.52. The lowest BCUT2D eigenvalue weighted by Gasteiger charge is -2.28. The van der Waals surface area contributed by atoms with E-state index in [0.29, 0.717) is 0 Å². The minimum Gasteiger partial charge on any atom is -0.388 e. The van der Waals surface area contributed by atoms with Crippen LogP contribution in [0.5, 0.6) is 0 Å². The van der Waals surface area contributed by atoms with E-state index in [-0.39, 0.29) is 5.41 Å². The van der Waals surface area contributed by atoms with Gasteiger partial charge in [-0.1, -0.05) is 80.6 Å². The van der Waals surface area contributed by atoms with Crippen LogP contribution in [-0.4, -0.2) is 16.8 Å². The van der Waals surface area contributed by atoms with E-state index in [4.69, 9.17) is 5.10 Å². The second kappa shape index (κ2) is 7.35. The molecular weight excluding hydrogens is 342 g/mol. The number of hydrogen-bond acceptors (Lipinski definition) is 2. The Labute approximate surface area is 166 Å². The lowest BCUT2D eigenvalue weighted by Crippen LogP contribution is -2.24. The summed E-state index contributed by atoms with van der Waals surface area (Å²) in [4.78, 5) is 0. The van der Waals surface area contributed by atoms with Gasteiger partial charge in [0.25, 0.3) is 0 Å². The maximum absolute atomic E-state index is 4.99. The highest BCUT2D eigenvalue weighted by Gasteiger charge is 2.31. The Hall–Kier alpha value is -3.33. The lowest BCUT2D eigenvalue weighted by molar-refractivity contribution is 0.587. The molecule has 0 aliphatic rings. The first-order chi connectivity index (χ1) is 13.6. The smallest absolute Gasteiger partial charge is 0.0930 e. The zero-order valence-electron chi connectivity index (χ0n) is 16.6. The monoisotopic (exact) mass is 367 g/mol. The number of rotatable bonds is 5. The van der Waals surface area contributed by atoms with E-state index in [1.165, 1.54) is 5.56 Å². The van der Waals surface area contributed by atoms with Gasteiger partial charge in [0.05, 0.1) is 17.1 Å². The molecule has 0 atom stereocenters. The van der Waals surface area contributed by atoms with E-state index < -0.39 is 0 Å². The Balaban J connectivity index is 1.93. The van der Waals surface area contributed by atoms with Gasteiger partial charge in [0.1, 0.15) is 0 Å². The first-order valence-corrected chi connectivity index (χ1v) is 9.60. The molecule has 0 amide bonds. The maximum Gasteiger partial charge on any atom is 0.0930 e. The molecule has 0 saturated heterocycles. The summed E-state index contributed by atoms with van der Waals surface area (Å²) in [5.74, 6) is 0. The van der Waals surface area contributed by atoms with Gasteiger partial charge in [0, 0.05) is 23.7 Å². The van der Waals surface area contributed by atoms with Gasteiger partial charge >= 0.3 is 0 Å². The van der Waals surface area contributed by atoms with Gasteiger partial charge in [0.15, 0.2) is 0 Å². The lowest BCUT2D eigenvalue weighted by atomic mass is 9.80. The molecule has 4 rings (SSSR count). The highest BCUT2D eigenvalue weighted by Crippen LogP contribution is 2.38. The topological polar surface area (TPSA) is 29.9 Å². The Kier molecular flexibility index (Phi) is 4.74. The van der Waals surface area contributed by atoms with Gasteiger partial charge in [-0.15, -0.1) is 0 Å². The van der Waals surface area contributed by atoms with Crippen LogP contribution in [0, 0.1) is 0 Å². The minimum atomic E-state index is -0.241. The van der Waals surface area contributed by atoms with E-state index in [2.05, 4.69) is 103 Å². The average Bonchev–Trinajstić information content (AvgIpc) is 3.21. The van der Waals surface area contributed by atoms with Crippen LogP contribution in [0.3, 0.4) is 0 Å². The third-order valence-electron chi connectivity index (χ3n) is 5.29. The molecule has 4 aromatic rings. The Morgan fingerprint density at radius 2 is 1.39 bits per heavy atom. The summed E-state index contributed by atoms with van der Waals surface area (Å²) >= 11 is 0. The number of benzene rings is 3.